The third-order valence-corrected chi connectivity index (χ3v) is 22.3. The third-order valence-electron chi connectivity index (χ3n) is 6.08. The van der Waals surface area contributed by atoms with Gasteiger partial charge in [0, 0.05) is 0 Å². The molecule has 0 amide bonds. The second-order valence-electron chi connectivity index (χ2n) is 8.37. The first-order valence-electron chi connectivity index (χ1n) is 11.6. The zero-order valence-corrected chi connectivity index (χ0v) is 21.1. The summed E-state index contributed by atoms with van der Waals surface area (Å²) < 4.78 is 11.1. The molecular formula is C23H44O3Sn. The van der Waals surface area contributed by atoms with E-state index in [0.29, 0.717) is 13.0 Å². The van der Waals surface area contributed by atoms with Crippen molar-refractivity contribution in [1.82, 2.24) is 0 Å². The van der Waals surface area contributed by atoms with E-state index in [2.05, 4.69) is 26.8 Å². The van der Waals surface area contributed by atoms with Gasteiger partial charge in [0.15, 0.2) is 0 Å². The van der Waals surface area contributed by atoms with Crippen LogP contribution in [0.15, 0.2) is 9.67 Å². The van der Waals surface area contributed by atoms with Crippen LogP contribution < -0.4 is 0 Å². The summed E-state index contributed by atoms with van der Waals surface area (Å²) in [5.74, 6) is -0.0726. The first-order valence-corrected chi connectivity index (χ1v) is 19.1. The molecule has 0 bridgehead atoms. The van der Waals surface area contributed by atoms with Crippen LogP contribution in [0.25, 0.3) is 0 Å². The van der Waals surface area contributed by atoms with E-state index in [9.17, 15) is 9.90 Å². The fourth-order valence-electron chi connectivity index (χ4n) is 4.42. The van der Waals surface area contributed by atoms with Crippen LogP contribution in [-0.4, -0.2) is 42.2 Å². The fourth-order valence-corrected chi connectivity index (χ4v) is 21.9. The molecule has 4 heteroatoms. The van der Waals surface area contributed by atoms with Crippen molar-refractivity contribution < 1.29 is 14.6 Å². The number of unbranched alkanes of at least 4 members (excludes halogenated alkanes) is 3. The molecule has 0 saturated carbocycles. The Morgan fingerprint density at radius 2 is 1.59 bits per heavy atom. The molecule has 0 aromatic rings. The molecule has 1 unspecified atom stereocenters. The maximum atomic E-state index is 11.7. The normalized spacial score (nSPS) is 22.3. The summed E-state index contributed by atoms with van der Waals surface area (Å²) in [4.78, 5) is 11.7. The molecule has 3 nitrogen and oxygen atoms in total. The number of hydrogen-bond acceptors (Lipinski definition) is 3. The third kappa shape index (κ3) is 9.34. The molecule has 1 heterocycles. The van der Waals surface area contributed by atoms with Gasteiger partial charge in [0.1, 0.15) is 0 Å². The number of esters is 1. The van der Waals surface area contributed by atoms with E-state index in [1.54, 1.807) is 0 Å². The van der Waals surface area contributed by atoms with E-state index in [1.165, 1.54) is 55.4 Å². The van der Waals surface area contributed by atoms with Crippen molar-refractivity contribution in [3.63, 3.8) is 0 Å². The van der Waals surface area contributed by atoms with Gasteiger partial charge in [-0.2, -0.15) is 0 Å². The van der Waals surface area contributed by atoms with Crippen LogP contribution >= 0.6 is 0 Å². The first-order chi connectivity index (χ1) is 13.1. The van der Waals surface area contributed by atoms with Gasteiger partial charge in [-0.25, -0.2) is 0 Å². The number of carbonyl (C=O) groups excluding carboxylic acids is 1. The number of allylic oxidation sites excluding steroid dienone is 1. The molecule has 27 heavy (non-hydrogen) atoms. The van der Waals surface area contributed by atoms with Gasteiger partial charge < -0.3 is 0 Å². The number of ether oxygens (including phenoxy) is 1. The van der Waals surface area contributed by atoms with E-state index in [-0.39, 0.29) is 12.1 Å². The fraction of sp³-hybridized carbons (Fsp3) is 0.870. The van der Waals surface area contributed by atoms with Crippen LogP contribution in [0.5, 0.6) is 0 Å². The number of carbonyl (C=O) groups is 1. The zero-order valence-electron chi connectivity index (χ0n) is 18.2. The average molecular weight is 487 g/mol. The van der Waals surface area contributed by atoms with Crippen molar-refractivity contribution in [2.75, 3.05) is 6.61 Å². The Labute approximate surface area is 172 Å². The van der Waals surface area contributed by atoms with Crippen molar-refractivity contribution in [3.05, 3.63) is 9.67 Å². The Hall–Kier alpha value is -0.0313. The molecule has 0 aliphatic carbocycles. The van der Waals surface area contributed by atoms with Crippen molar-refractivity contribution in [1.29, 1.82) is 0 Å². The van der Waals surface area contributed by atoms with Gasteiger partial charge in [-0.3, -0.25) is 0 Å². The summed E-state index contributed by atoms with van der Waals surface area (Å²) in [6.45, 7) is 7.43. The Kier molecular flexibility index (Phi) is 13.8. The molecule has 0 aromatic heterocycles. The second kappa shape index (κ2) is 14.9. The van der Waals surface area contributed by atoms with Gasteiger partial charge in [-0.1, -0.05) is 0 Å². The van der Waals surface area contributed by atoms with Crippen LogP contribution in [0.4, 0.5) is 0 Å². The summed E-state index contributed by atoms with van der Waals surface area (Å²) in [6.07, 6.45) is 14.8. The predicted molar refractivity (Wildman–Crippen MR) is 118 cm³/mol. The average Bonchev–Trinajstić information content (AvgIpc) is 2.67. The van der Waals surface area contributed by atoms with Gasteiger partial charge in [0.25, 0.3) is 0 Å². The van der Waals surface area contributed by atoms with Crippen molar-refractivity contribution in [3.8, 4) is 0 Å². The maximum absolute atomic E-state index is 11.7. The Bertz CT molecular complexity index is 412. The summed E-state index contributed by atoms with van der Waals surface area (Å²) in [6, 6.07) is 0. The minimum atomic E-state index is -2.58. The Morgan fingerprint density at radius 1 is 1.00 bits per heavy atom. The van der Waals surface area contributed by atoms with Crippen LogP contribution in [0, 0.1) is 0 Å². The van der Waals surface area contributed by atoms with E-state index in [1.807, 2.05) is 0 Å². The molecule has 158 valence electrons. The van der Waals surface area contributed by atoms with Crippen LogP contribution in [-0.2, 0) is 9.53 Å². The molecule has 1 atom stereocenters. The Morgan fingerprint density at radius 3 is 2.15 bits per heavy atom. The molecule has 0 radical (unpaired) electrons. The van der Waals surface area contributed by atoms with E-state index < -0.39 is 18.4 Å². The molecule has 1 aliphatic rings. The van der Waals surface area contributed by atoms with Crippen molar-refractivity contribution in [2.24, 2.45) is 0 Å². The summed E-state index contributed by atoms with van der Waals surface area (Å²) >= 11 is -2.58. The number of cyclic esters (lactones) is 1. The van der Waals surface area contributed by atoms with Crippen LogP contribution in [0.2, 0.25) is 13.3 Å². The molecule has 0 saturated heterocycles. The van der Waals surface area contributed by atoms with Crippen molar-refractivity contribution >= 4 is 24.3 Å². The van der Waals surface area contributed by atoms with Crippen molar-refractivity contribution in [2.45, 2.75) is 117 Å². The molecule has 1 N–H and O–H groups in total. The first kappa shape index (κ1) is 25.0. The van der Waals surface area contributed by atoms with Gasteiger partial charge >= 0.3 is 172 Å². The van der Waals surface area contributed by atoms with Crippen LogP contribution in [0.1, 0.15) is 97.8 Å². The number of aliphatic hydroxyl groups excluding tert-OH is 1. The number of aliphatic hydroxyl groups is 1. The van der Waals surface area contributed by atoms with E-state index >= 15 is 0 Å². The molecule has 1 aliphatic heterocycles. The topological polar surface area (TPSA) is 46.5 Å². The number of hydrogen-bond donors (Lipinski definition) is 1. The molecule has 0 spiro atoms. The summed E-state index contributed by atoms with van der Waals surface area (Å²) in [5, 5.41) is 11.2. The predicted octanol–water partition coefficient (Wildman–Crippen LogP) is 6.56. The second-order valence-corrected chi connectivity index (χ2v) is 21.6. The number of rotatable bonds is 10. The van der Waals surface area contributed by atoms with Gasteiger partial charge in [0.05, 0.1) is 0 Å². The van der Waals surface area contributed by atoms with Gasteiger partial charge in [0.2, 0.25) is 0 Å². The standard InChI is InChI=1S/C11H17O3.3C4H9.Sn/c12-10-6-2-1-5-9-14-11(13)8-4-3-7-10;3*1-3-4-2;/h2,10,12H,1,3-5,7-9H2;3*1,3-4H2,2H3;. The van der Waals surface area contributed by atoms with Gasteiger partial charge in [-0.05, 0) is 0 Å². The zero-order chi connectivity index (χ0) is 20.0. The monoisotopic (exact) mass is 488 g/mol. The summed E-state index contributed by atoms with van der Waals surface area (Å²) in [7, 11) is 0. The quantitative estimate of drug-likeness (QED) is 0.281. The SMILES string of the molecule is CCC[CH2][Sn]([CH2]CCC)([CH2]CCC)/[C]1=C/CCCOC(=O)CCCCC1O. The summed E-state index contributed by atoms with van der Waals surface area (Å²) in [5.41, 5.74) is 0. The van der Waals surface area contributed by atoms with Crippen LogP contribution in [0.3, 0.4) is 0 Å². The Balaban J connectivity index is 3.10. The van der Waals surface area contributed by atoms with E-state index in [0.717, 1.165) is 32.1 Å². The molecule has 0 fully saturated rings. The van der Waals surface area contributed by atoms with Gasteiger partial charge in [-0.15, -0.1) is 0 Å². The van der Waals surface area contributed by atoms with E-state index in [4.69, 9.17) is 4.74 Å². The minimum absolute atomic E-state index is 0.0726. The molecule has 1 rings (SSSR count). The molecule has 0 aromatic carbocycles. The molecular weight excluding hydrogens is 443 g/mol.